The number of anilines is 2. The van der Waals surface area contributed by atoms with Crippen molar-refractivity contribution in [2.75, 3.05) is 36.1 Å². The minimum absolute atomic E-state index is 0.0244. The second kappa shape index (κ2) is 8.69. The molecule has 2 aliphatic rings. The van der Waals surface area contributed by atoms with Gasteiger partial charge in [0.2, 0.25) is 21.8 Å². The number of aromatic nitrogens is 2. The molecule has 164 valence electrons. The molecule has 1 N–H and O–H groups in total. The number of hydrogen-bond acceptors (Lipinski definition) is 8. The van der Waals surface area contributed by atoms with Gasteiger partial charge in [0.1, 0.15) is 11.6 Å². The average molecular weight is 446 g/mol. The Morgan fingerprint density at radius 1 is 1.03 bits per heavy atom. The number of imide groups is 1. The Kier molecular flexibility index (Phi) is 5.99. The van der Waals surface area contributed by atoms with Gasteiger partial charge in [-0.3, -0.25) is 14.5 Å². The van der Waals surface area contributed by atoms with Crippen LogP contribution in [0.15, 0.2) is 35.2 Å². The molecule has 2 fully saturated rings. The number of rotatable bonds is 6. The van der Waals surface area contributed by atoms with E-state index in [1.807, 2.05) is 13.0 Å². The lowest BCUT2D eigenvalue weighted by Gasteiger charge is -2.28. The Labute approximate surface area is 180 Å². The zero-order chi connectivity index (χ0) is 22.0. The summed E-state index contributed by atoms with van der Waals surface area (Å²) in [7, 11) is -3.83. The minimum atomic E-state index is -3.83. The fourth-order valence-electron chi connectivity index (χ4n) is 3.53. The molecule has 0 atom stereocenters. The summed E-state index contributed by atoms with van der Waals surface area (Å²) in [6, 6.07) is 7.51. The third-order valence-corrected chi connectivity index (χ3v) is 6.52. The van der Waals surface area contributed by atoms with Crippen LogP contribution in [0.5, 0.6) is 0 Å². The van der Waals surface area contributed by atoms with Crippen LogP contribution in [-0.4, -0.2) is 56.5 Å². The lowest BCUT2D eigenvalue weighted by atomic mass is 10.3. The van der Waals surface area contributed by atoms with Gasteiger partial charge < -0.3 is 9.64 Å². The third kappa shape index (κ3) is 4.73. The van der Waals surface area contributed by atoms with Gasteiger partial charge in [0.25, 0.3) is 0 Å². The van der Waals surface area contributed by atoms with Gasteiger partial charge in [-0.1, -0.05) is 0 Å². The number of ether oxygens (including phenoxy) is 1. The van der Waals surface area contributed by atoms with Crippen LogP contribution in [0.4, 0.5) is 11.5 Å². The average Bonchev–Trinajstić information content (AvgIpc) is 3.11. The molecule has 2 saturated heterocycles. The molecule has 0 unspecified atom stereocenters. The number of morpholine rings is 1. The number of carbonyl (C=O) groups is 2. The van der Waals surface area contributed by atoms with Crippen LogP contribution in [0.1, 0.15) is 24.4 Å². The van der Waals surface area contributed by atoms with Crippen molar-refractivity contribution >= 4 is 33.3 Å². The number of amides is 2. The number of sulfonamides is 1. The SMILES string of the molecule is Cc1cc(N2CCOCC2)nc(CNS(=O)(=O)c2ccc(N3C(=O)CCC3=O)cc2)n1. The normalized spacial score (nSPS) is 17.5. The Morgan fingerprint density at radius 3 is 2.32 bits per heavy atom. The molecule has 1 aromatic carbocycles. The second-order valence-corrected chi connectivity index (χ2v) is 9.09. The van der Waals surface area contributed by atoms with E-state index in [1.165, 1.54) is 24.3 Å². The molecule has 31 heavy (non-hydrogen) atoms. The number of nitrogens with zero attached hydrogens (tertiary/aromatic N) is 4. The third-order valence-electron chi connectivity index (χ3n) is 5.10. The van der Waals surface area contributed by atoms with Crippen LogP contribution < -0.4 is 14.5 Å². The molecule has 11 heteroatoms. The van der Waals surface area contributed by atoms with Crippen LogP contribution in [0, 0.1) is 6.92 Å². The predicted octanol–water partition coefficient (Wildman–Crippen LogP) is 0.754. The number of benzene rings is 1. The summed E-state index contributed by atoms with van der Waals surface area (Å²) in [5.74, 6) is 0.544. The highest BCUT2D eigenvalue weighted by molar-refractivity contribution is 7.89. The van der Waals surface area contributed by atoms with Crippen molar-refractivity contribution in [1.29, 1.82) is 0 Å². The maximum absolute atomic E-state index is 12.7. The highest BCUT2D eigenvalue weighted by Gasteiger charge is 2.30. The zero-order valence-corrected chi connectivity index (χ0v) is 17.9. The molecule has 0 saturated carbocycles. The number of hydrogen-bond donors (Lipinski definition) is 1. The standard InChI is InChI=1S/C20H23N5O5S/c1-14-12-18(24-8-10-30-11-9-24)23-17(22-14)13-21-31(28,29)16-4-2-15(3-5-16)25-19(26)6-7-20(25)27/h2-5,12,21H,6-11,13H2,1H3. The van der Waals surface area contributed by atoms with Gasteiger partial charge in [-0.05, 0) is 31.2 Å². The molecule has 0 radical (unpaired) electrons. The molecule has 2 aliphatic heterocycles. The summed E-state index contributed by atoms with van der Waals surface area (Å²) >= 11 is 0. The van der Waals surface area contributed by atoms with Crippen molar-refractivity contribution in [1.82, 2.24) is 14.7 Å². The largest absolute Gasteiger partial charge is 0.378 e. The van der Waals surface area contributed by atoms with E-state index >= 15 is 0 Å². The van der Waals surface area contributed by atoms with Gasteiger partial charge in [-0.15, -0.1) is 0 Å². The smallest absolute Gasteiger partial charge is 0.240 e. The summed E-state index contributed by atoms with van der Waals surface area (Å²) in [5, 5.41) is 0. The van der Waals surface area contributed by atoms with E-state index in [4.69, 9.17) is 4.74 Å². The van der Waals surface area contributed by atoms with E-state index in [1.54, 1.807) is 0 Å². The Bertz CT molecular complexity index is 1080. The fraction of sp³-hybridized carbons (Fsp3) is 0.400. The zero-order valence-electron chi connectivity index (χ0n) is 17.1. The first kappa shape index (κ1) is 21.3. The lowest BCUT2D eigenvalue weighted by Crippen LogP contribution is -2.37. The first-order valence-corrected chi connectivity index (χ1v) is 11.4. The summed E-state index contributed by atoms with van der Waals surface area (Å²) in [5.41, 5.74) is 1.11. The summed E-state index contributed by atoms with van der Waals surface area (Å²) in [4.78, 5) is 35.7. The van der Waals surface area contributed by atoms with Gasteiger partial charge in [0.05, 0.1) is 30.3 Å². The molecule has 4 rings (SSSR count). The van der Waals surface area contributed by atoms with E-state index in [2.05, 4.69) is 19.6 Å². The van der Waals surface area contributed by atoms with Gasteiger partial charge in [-0.2, -0.15) is 0 Å². The van der Waals surface area contributed by atoms with E-state index in [0.717, 1.165) is 29.5 Å². The van der Waals surface area contributed by atoms with Crippen molar-refractivity contribution in [3.05, 3.63) is 41.9 Å². The highest BCUT2D eigenvalue weighted by Crippen LogP contribution is 2.24. The van der Waals surface area contributed by atoms with Gasteiger partial charge in [0.15, 0.2) is 0 Å². The molecule has 1 aromatic heterocycles. The topological polar surface area (TPSA) is 122 Å². The molecule has 2 amide bonds. The van der Waals surface area contributed by atoms with Crippen LogP contribution in [0.25, 0.3) is 0 Å². The van der Waals surface area contributed by atoms with Crippen molar-refractivity contribution in [2.45, 2.75) is 31.2 Å². The summed E-state index contributed by atoms with van der Waals surface area (Å²) in [6.45, 7) is 4.45. The molecule has 10 nitrogen and oxygen atoms in total. The van der Waals surface area contributed by atoms with Crippen molar-refractivity contribution in [3.8, 4) is 0 Å². The van der Waals surface area contributed by atoms with Crippen molar-refractivity contribution < 1.29 is 22.7 Å². The summed E-state index contributed by atoms with van der Waals surface area (Å²) < 4.78 is 33.3. The first-order chi connectivity index (χ1) is 14.8. The van der Waals surface area contributed by atoms with Crippen molar-refractivity contribution in [2.24, 2.45) is 0 Å². The van der Waals surface area contributed by atoms with E-state index in [-0.39, 0.29) is 36.1 Å². The maximum Gasteiger partial charge on any atom is 0.240 e. The summed E-state index contributed by atoms with van der Waals surface area (Å²) in [6.07, 6.45) is 0.340. The lowest BCUT2D eigenvalue weighted by molar-refractivity contribution is -0.121. The minimum Gasteiger partial charge on any atom is -0.378 e. The molecule has 3 heterocycles. The van der Waals surface area contributed by atoms with Crippen LogP contribution in [0.3, 0.4) is 0 Å². The van der Waals surface area contributed by atoms with Gasteiger partial charge in [0, 0.05) is 37.7 Å². The fourth-order valence-corrected chi connectivity index (χ4v) is 4.51. The highest BCUT2D eigenvalue weighted by atomic mass is 32.2. The Morgan fingerprint density at radius 2 is 1.68 bits per heavy atom. The number of carbonyl (C=O) groups excluding carboxylic acids is 2. The van der Waals surface area contributed by atoms with Gasteiger partial charge >= 0.3 is 0 Å². The molecule has 0 bridgehead atoms. The van der Waals surface area contributed by atoms with Crippen LogP contribution in [-0.2, 0) is 30.9 Å². The van der Waals surface area contributed by atoms with Crippen molar-refractivity contribution in [3.63, 3.8) is 0 Å². The quantitative estimate of drug-likeness (QED) is 0.647. The second-order valence-electron chi connectivity index (χ2n) is 7.32. The molecule has 0 aliphatic carbocycles. The van der Waals surface area contributed by atoms with Crippen LogP contribution >= 0.6 is 0 Å². The molecule has 2 aromatic rings. The Balaban J connectivity index is 1.46. The van der Waals surface area contributed by atoms with E-state index < -0.39 is 10.0 Å². The predicted molar refractivity (Wildman–Crippen MR) is 112 cm³/mol. The van der Waals surface area contributed by atoms with Crippen LogP contribution in [0.2, 0.25) is 0 Å². The molecule has 0 spiro atoms. The number of nitrogens with one attached hydrogen (secondary N) is 1. The Hall–Kier alpha value is -2.89. The van der Waals surface area contributed by atoms with E-state index in [0.29, 0.717) is 24.7 Å². The molecular weight excluding hydrogens is 422 g/mol. The van der Waals surface area contributed by atoms with E-state index in [9.17, 15) is 18.0 Å². The number of aryl methyl sites for hydroxylation is 1. The monoisotopic (exact) mass is 445 g/mol. The maximum atomic E-state index is 12.7. The molecular formula is C20H23N5O5S. The first-order valence-electron chi connectivity index (χ1n) is 9.96. The van der Waals surface area contributed by atoms with Gasteiger partial charge in [-0.25, -0.2) is 23.1 Å².